The Kier molecular flexibility index (Phi) is 2.95. The van der Waals surface area contributed by atoms with Crippen LogP contribution in [-0.2, 0) is 0 Å². The minimum absolute atomic E-state index is 0.0674. The molecule has 94 valence electrons. The summed E-state index contributed by atoms with van der Waals surface area (Å²) in [6, 6.07) is 6.47. The van der Waals surface area contributed by atoms with Gasteiger partial charge in [-0.3, -0.25) is 10.1 Å². The molecule has 1 N–H and O–H groups in total. The van der Waals surface area contributed by atoms with Gasteiger partial charge in [0.1, 0.15) is 11.6 Å². The number of nitrogens with zero attached hydrogens (tertiary/aromatic N) is 2. The molecule has 18 heavy (non-hydrogen) atoms. The first-order valence-electron chi connectivity index (χ1n) is 5.91. The minimum Gasteiger partial charge on any atom is -0.380 e. The van der Waals surface area contributed by atoms with E-state index in [2.05, 4.69) is 19.2 Å². The van der Waals surface area contributed by atoms with Gasteiger partial charge in [0, 0.05) is 17.3 Å². The van der Waals surface area contributed by atoms with E-state index < -0.39 is 4.92 Å². The number of nitro benzene ring substituents is 1. The van der Waals surface area contributed by atoms with Gasteiger partial charge in [-0.2, -0.15) is 5.26 Å². The lowest BCUT2D eigenvalue weighted by Crippen LogP contribution is -2.33. The summed E-state index contributed by atoms with van der Waals surface area (Å²) in [6.07, 6.45) is 2.39. The third-order valence-electron chi connectivity index (χ3n) is 3.38. The van der Waals surface area contributed by atoms with Crippen molar-refractivity contribution in [2.45, 2.75) is 32.2 Å². The third-order valence-corrected chi connectivity index (χ3v) is 3.38. The van der Waals surface area contributed by atoms with Crippen molar-refractivity contribution in [2.75, 3.05) is 5.32 Å². The molecule has 1 aromatic rings. The monoisotopic (exact) mass is 245 g/mol. The summed E-state index contributed by atoms with van der Waals surface area (Å²) in [5, 5.41) is 23.0. The SMILES string of the molecule is CC(C)(Nc1ccc(C#N)c([N+](=O)[O-])c1)C1CC1. The van der Waals surface area contributed by atoms with E-state index in [0.29, 0.717) is 11.6 Å². The Bertz CT molecular complexity index is 528. The van der Waals surface area contributed by atoms with E-state index in [0.717, 1.165) is 0 Å². The fourth-order valence-electron chi connectivity index (χ4n) is 2.13. The van der Waals surface area contributed by atoms with E-state index in [1.165, 1.54) is 25.0 Å². The van der Waals surface area contributed by atoms with Gasteiger partial charge in [0.2, 0.25) is 0 Å². The lowest BCUT2D eigenvalue weighted by Gasteiger charge is -2.27. The summed E-state index contributed by atoms with van der Waals surface area (Å²) in [4.78, 5) is 10.4. The molecule has 0 bridgehead atoms. The van der Waals surface area contributed by atoms with Gasteiger partial charge in [-0.25, -0.2) is 0 Å². The zero-order valence-electron chi connectivity index (χ0n) is 10.4. The fourth-order valence-corrected chi connectivity index (χ4v) is 2.13. The van der Waals surface area contributed by atoms with Crippen molar-refractivity contribution in [3.8, 4) is 6.07 Å². The smallest absolute Gasteiger partial charge is 0.289 e. The van der Waals surface area contributed by atoms with Gasteiger partial charge >= 0.3 is 0 Å². The van der Waals surface area contributed by atoms with Crippen molar-refractivity contribution in [3.63, 3.8) is 0 Å². The maximum absolute atomic E-state index is 10.9. The first-order chi connectivity index (χ1) is 8.44. The molecular formula is C13H15N3O2. The van der Waals surface area contributed by atoms with E-state index >= 15 is 0 Å². The van der Waals surface area contributed by atoms with Gasteiger partial charge in [-0.1, -0.05) is 0 Å². The maximum Gasteiger partial charge on any atom is 0.289 e. The number of nitrogens with one attached hydrogen (secondary N) is 1. The molecule has 0 radical (unpaired) electrons. The average Bonchev–Trinajstić information content (AvgIpc) is 3.12. The van der Waals surface area contributed by atoms with Gasteiger partial charge < -0.3 is 5.32 Å². The molecule has 1 aliphatic carbocycles. The molecule has 0 amide bonds. The molecule has 0 saturated heterocycles. The second-order valence-electron chi connectivity index (χ2n) is 5.22. The molecule has 0 atom stereocenters. The van der Waals surface area contributed by atoms with Crippen LogP contribution in [0.5, 0.6) is 0 Å². The molecule has 0 spiro atoms. The maximum atomic E-state index is 10.9. The molecule has 0 heterocycles. The van der Waals surface area contributed by atoms with E-state index in [1.54, 1.807) is 6.07 Å². The normalized spacial score (nSPS) is 14.9. The number of anilines is 1. The van der Waals surface area contributed by atoms with Crippen LogP contribution in [0.25, 0.3) is 0 Å². The lowest BCUT2D eigenvalue weighted by atomic mass is 9.98. The van der Waals surface area contributed by atoms with Crippen LogP contribution in [0.15, 0.2) is 18.2 Å². The lowest BCUT2D eigenvalue weighted by molar-refractivity contribution is -0.385. The predicted molar refractivity (Wildman–Crippen MR) is 68.2 cm³/mol. The zero-order valence-corrected chi connectivity index (χ0v) is 10.4. The Morgan fingerprint density at radius 2 is 2.17 bits per heavy atom. The molecule has 1 fully saturated rings. The molecule has 5 heteroatoms. The molecule has 0 unspecified atom stereocenters. The zero-order chi connectivity index (χ0) is 13.3. The van der Waals surface area contributed by atoms with E-state index in [4.69, 9.17) is 5.26 Å². The van der Waals surface area contributed by atoms with Crippen LogP contribution in [0, 0.1) is 27.4 Å². The first kappa shape index (κ1) is 12.4. The van der Waals surface area contributed by atoms with Gasteiger partial charge in [0.15, 0.2) is 0 Å². The predicted octanol–water partition coefficient (Wildman–Crippen LogP) is 3.07. The largest absolute Gasteiger partial charge is 0.380 e. The third kappa shape index (κ3) is 2.43. The standard InChI is InChI=1S/C13H15N3O2/c1-13(2,10-4-5-10)15-11-6-3-9(8-14)12(7-11)16(17)18/h3,6-7,10,15H,4-5H2,1-2H3. The van der Waals surface area contributed by atoms with Gasteiger partial charge in [-0.15, -0.1) is 0 Å². The first-order valence-corrected chi connectivity index (χ1v) is 5.91. The van der Waals surface area contributed by atoms with Crippen molar-refractivity contribution in [2.24, 2.45) is 5.92 Å². The Balaban J connectivity index is 2.27. The van der Waals surface area contributed by atoms with Gasteiger partial charge in [0.25, 0.3) is 5.69 Å². The van der Waals surface area contributed by atoms with Crippen LogP contribution in [0.3, 0.4) is 0 Å². The van der Waals surface area contributed by atoms with Gasteiger partial charge in [-0.05, 0) is 44.7 Å². The van der Waals surface area contributed by atoms with Crippen molar-refractivity contribution >= 4 is 11.4 Å². The highest BCUT2D eigenvalue weighted by Gasteiger charge is 2.37. The topological polar surface area (TPSA) is 79.0 Å². The molecule has 5 nitrogen and oxygen atoms in total. The number of nitro groups is 1. The molecular weight excluding hydrogens is 230 g/mol. The van der Waals surface area contributed by atoms with Crippen LogP contribution < -0.4 is 5.32 Å². The summed E-state index contributed by atoms with van der Waals surface area (Å²) in [7, 11) is 0. The second-order valence-corrected chi connectivity index (χ2v) is 5.22. The van der Waals surface area contributed by atoms with E-state index in [-0.39, 0.29) is 16.8 Å². The van der Waals surface area contributed by atoms with Crippen LogP contribution in [0.4, 0.5) is 11.4 Å². The molecule has 1 aliphatic rings. The van der Waals surface area contributed by atoms with Crippen molar-refractivity contribution in [1.82, 2.24) is 0 Å². The highest BCUT2D eigenvalue weighted by molar-refractivity contribution is 5.60. The Morgan fingerprint density at radius 1 is 1.50 bits per heavy atom. The molecule has 1 saturated carbocycles. The summed E-state index contributed by atoms with van der Waals surface area (Å²) < 4.78 is 0. The van der Waals surface area contributed by atoms with Crippen LogP contribution in [-0.4, -0.2) is 10.5 Å². The number of nitriles is 1. The number of hydrogen-bond acceptors (Lipinski definition) is 4. The average molecular weight is 245 g/mol. The van der Waals surface area contributed by atoms with Crippen LogP contribution >= 0.6 is 0 Å². The number of rotatable bonds is 4. The molecule has 2 rings (SSSR count). The molecule has 1 aromatic carbocycles. The van der Waals surface area contributed by atoms with Crippen LogP contribution in [0.1, 0.15) is 32.3 Å². The minimum atomic E-state index is -0.520. The quantitative estimate of drug-likeness (QED) is 0.653. The van der Waals surface area contributed by atoms with Crippen molar-refractivity contribution < 1.29 is 4.92 Å². The fraction of sp³-hybridized carbons (Fsp3) is 0.462. The molecule has 0 aromatic heterocycles. The Hall–Kier alpha value is -2.09. The summed E-state index contributed by atoms with van der Waals surface area (Å²) in [5.74, 6) is 0.618. The second kappa shape index (κ2) is 4.30. The van der Waals surface area contributed by atoms with E-state index in [1.807, 2.05) is 6.07 Å². The van der Waals surface area contributed by atoms with Crippen molar-refractivity contribution in [3.05, 3.63) is 33.9 Å². The number of hydrogen-bond donors (Lipinski definition) is 1. The Morgan fingerprint density at radius 3 is 2.67 bits per heavy atom. The summed E-state index contributed by atoms with van der Waals surface area (Å²) in [5.41, 5.74) is 0.573. The summed E-state index contributed by atoms with van der Waals surface area (Å²) in [6.45, 7) is 4.18. The highest BCUT2D eigenvalue weighted by atomic mass is 16.6. The molecule has 0 aliphatic heterocycles. The number of benzene rings is 1. The highest BCUT2D eigenvalue weighted by Crippen LogP contribution is 2.41. The Labute approximate surface area is 106 Å². The van der Waals surface area contributed by atoms with E-state index in [9.17, 15) is 10.1 Å². The van der Waals surface area contributed by atoms with Crippen LogP contribution in [0.2, 0.25) is 0 Å². The van der Waals surface area contributed by atoms with Gasteiger partial charge in [0.05, 0.1) is 4.92 Å². The van der Waals surface area contributed by atoms with Crippen molar-refractivity contribution in [1.29, 1.82) is 5.26 Å². The summed E-state index contributed by atoms with van der Waals surface area (Å²) >= 11 is 0.